The molecular weight excluding hydrogens is 184 g/mol. The van der Waals surface area contributed by atoms with E-state index in [0.717, 1.165) is 24.3 Å². The van der Waals surface area contributed by atoms with Crippen molar-refractivity contribution in [3.8, 4) is 0 Å². The second-order valence-corrected chi connectivity index (χ2v) is 4.17. The highest BCUT2D eigenvalue weighted by Crippen LogP contribution is 2.30. The Morgan fingerprint density at radius 2 is 1.92 bits per heavy atom. The van der Waals surface area contributed by atoms with Crippen LogP contribution < -0.4 is 0 Å². The van der Waals surface area contributed by atoms with Crippen LogP contribution in [0.2, 0.25) is 5.02 Å². The van der Waals surface area contributed by atoms with Crippen LogP contribution in [-0.4, -0.2) is 11.2 Å². The summed E-state index contributed by atoms with van der Waals surface area (Å²) in [5.74, 6) is 0.473. The quantitative estimate of drug-likeness (QED) is 0.771. The molecule has 1 aliphatic rings. The molecule has 0 aromatic heterocycles. The molecule has 1 aromatic carbocycles. The Hall–Kier alpha value is -0.530. The Kier molecular flexibility index (Phi) is 2.56. The Balaban J connectivity index is 1.98. The van der Waals surface area contributed by atoms with E-state index in [-0.39, 0.29) is 6.10 Å². The first-order valence-corrected chi connectivity index (χ1v) is 5.06. The first-order chi connectivity index (χ1) is 6.25. The van der Waals surface area contributed by atoms with Crippen LogP contribution in [-0.2, 0) is 6.42 Å². The lowest BCUT2D eigenvalue weighted by atomic mass is 9.78. The largest absolute Gasteiger partial charge is 0.393 e. The number of halogens is 1. The molecule has 1 aliphatic carbocycles. The molecule has 0 saturated heterocycles. The molecule has 2 rings (SSSR count). The molecule has 1 aromatic rings. The lowest BCUT2D eigenvalue weighted by molar-refractivity contribution is 0.0244. The van der Waals surface area contributed by atoms with Crippen molar-refractivity contribution >= 4 is 11.6 Å². The second kappa shape index (κ2) is 3.69. The lowest BCUT2D eigenvalue weighted by Crippen LogP contribution is -2.32. The van der Waals surface area contributed by atoms with E-state index in [1.807, 2.05) is 24.3 Å². The third-order valence-electron chi connectivity index (χ3n) is 2.79. The predicted octanol–water partition coefficient (Wildman–Crippen LogP) is 2.65. The molecule has 70 valence electrons. The summed E-state index contributed by atoms with van der Waals surface area (Å²) < 4.78 is 0. The molecule has 2 unspecified atom stereocenters. The standard InChI is InChI=1S/C11H13ClO/c12-10-4-1-8(2-5-10)7-9-3-6-11(9)13/h1-2,4-5,9,11,13H,3,6-7H2. The minimum atomic E-state index is -0.0734. The van der Waals surface area contributed by atoms with Crippen molar-refractivity contribution in [2.45, 2.75) is 25.4 Å². The molecule has 0 bridgehead atoms. The fraction of sp³-hybridized carbons (Fsp3) is 0.455. The number of hydrogen-bond acceptors (Lipinski definition) is 1. The zero-order valence-electron chi connectivity index (χ0n) is 7.41. The third kappa shape index (κ3) is 2.04. The third-order valence-corrected chi connectivity index (χ3v) is 3.04. The van der Waals surface area contributed by atoms with E-state index >= 15 is 0 Å². The normalized spacial score (nSPS) is 26.9. The van der Waals surface area contributed by atoms with Gasteiger partial charge >= 0.3 is 0 Å². The summed E-state index contributed by atoms with van der Waals surface area (Å²) in [6.07, 6.45) is 3.04. The van der Waals surface area contributed by atoms with E-state index < -0.39 is 0 Å². The van der Waals surface area contributed by atoms with Crippen LogP contribution in [0.15, 0.2) is 24.3 Å². The van der Waals surface area contributed by atoms with Crippen LogP contribution in [0.3, 0.4) is 0 Å². The highest BCUT2D eigenvalue weighted by Gasteiger charge is 2.28. The topological polar surface area (TPSA) is 20.2 Å². The second-order valence-electron chi connectivity index (χ2n) is 3.74. The van der Waals surface area contributed by atoms with Gasteiger partial charge in [0.1, 0.15) is 0 Å². The Bertz CT molecular complexity index is 281. The van der Waals surface area contributed by atoms with E-state index in [4.69, 9.17) is 11.6 Å². The van der Waals surface area contributed by atoms with E-state index in [1.165, 1.54) is 5.56 Å². The molecule has 1 saturated carbocycles. The van der Waals surface area contributed by atoms with Gasteiger partial charge in [-0.05, 0) is 42.9 Å². The number of benzene rings is 1. The summed E-state index contributed by atoms with van der Waals surface area (Å²) in [7, 11) is 0. The highest BCUT2D eigenvalue weighted by molar-refractivity contribution is 6.30. The summed E-state index contributed by atoms with van der Waals surface area (Å²) in [5, 5.41) is 10.2. The monoisotopic (exact) mass is 196 g/mol. The van der Waals surface area contributed by atoms with Crippen molar-refractivity contribution in [3.05, 3.63) is 34.9 Å². The van der Waals surface area contributed by atoms with Crippen molar-refractivity contribution in [1.82, 2.24) is 0 Å². The Morgan fingerprint density at radius 3 is 2.38 bits per heavy atom. The van der Waals surface area contributed by atoms with Gasteiger partial charge in [-0.3, -0.25) is 0 Å². The van der Waals surface area contributed by atoms with Crippen molar-refractivity contribution < 1.29 is 5.11 Å². The predicted molar refractivity (Wildman–Crippen MR) is 53.9 cm³/mol. The van der Waals surface area contributed by atoms with Gasteiger partial charge in [-0.2, -0.15) is 0 Å². The molecule has 1 N–H and O–H groups in total. The SMILES string of the molecule is OC1CCC1Cc1ccc(Cl)cc1. The van der Waals surface area contributed by atoms with Crippen LogP contribution in [0.25, 0.3) is 0 Å². The van der Waals surface area contributed by atoms with E-state index in [1.54, 1.807) is 0 Å². The fourth-order valence-electron chi connectivity index (χ4n) is 1.71. The van der Waals surface area contributed by atoms with Gasteiger partial charge in [0.05, 0.1) is 6.10 Å². The molecule has 13 heavy (non-hydrogen) atoms. The number of rotatable bonds is 2. The first-order valence-electron chi connectivity index (χ1n) is 4.68. The summed E-state index contributed by atoms with van der Waals surface area (Å²) in [6.45, 7) is 0. The molecule has 0 aliphatic heterocycles. The smallest absolute Gasteiger partial charge is 0.0571 e. The van der Waals surface area contributed by atoms with E-state index in [0.29, 0.717) is 5.92 Å². The maximum absolute atomic E-state index is 9.40. The maximum atomic E-state index is 9.40. The van der Waals surface area contributed by atoms with Crippen molar-refractivity contribution in [2.75, 3.05) is 0 Å². The molecular formula is C11H13ClO. The van der Waals surface area contributed by atoms with Crippen LogP contribution in [0, 0.1) is 5.92 Å². The molecule has 0 heterocycles. The molecule has 2 atom stereocenters. The minimum absolute atomic E-state index is 0.0734. The van der Waals surface area contributed by atoms with Gasteiger partial charge in [-0.25, -0.2) is 0 Å². The summed E-state index contributed by atoms with van der Waals surface area (Å²) >= 11 is 5.78. The summed E-state index contributed by atoms with van der Waals surface area (Å²) in [6, 6.07) is 7.88. The van der Waals surface area contributed by atoms with Crippen LogP contribution in [0.5, 0.6) is 0 Å². The van der Waals surface area contributed by atoms with Gasteiger partial charge in [0.15, 0.2) is 0 Å². The zero-order chi connectivity index (χ0) is 9.26. The fourth-order valence-corrected chi connectivity index (χ4v) is 1.84. The van der Waals surface area contributed by atoms with Gasteiger partial charge in [0.2, 0.25) is 0 Å². The van der Waals surface area contributed by atoms with Crippen molar-refractivity contribution in [3.63, 3.8) is 0 Å². The Labute approximate surface area is 83.3 Å². The lowest BCUT2D eigenvalue weighted by Gasteiger charge is -2.32. The van der Waals surface area contributed by atoms with Gasteiger partial charge in [0.25, 0.3) is 0 Å². The van der Waals surface area contributed by atoms with Crippen LogP contribution in [0.1, 0.15) is 18.4 Å². The highest BCUT2D eigenvalue weighted by atomic mass is 35.5. The van der Waals surface area contributed by atoms with Crippen LogP contribution in [0.4, 0.5) is 0 Å². The molecule has 0 spiro atoms. The maximum Gasteiger partial charge on any atom is 0.0571 e. The number of hydrogen-bond donors (Lipinski definition) is 1. The van der Waals surface area contributed by atoms with E-state index in [2.05, 4.69) is 0 Å². The average molecular weight is 197 g/mol. The molecule has 0 amide bonds. The zero-order valence-corrected chi connectivity index (χ0v) is 8.17. The van der Waals surface area contributed by atoms with E-state index in [9.17, 15) is 5.11 Å². The van der Waals surface area contributed by atoms with Crippen LogP contribution >= 0.6 is 11.6 Å². The van der Waals surface area contributed by atoms with Crippen molar-refractivity contribution in [2.24, 2.45) is 5.92 Å². The molecule has 1 nitrogen and oxygen atoms in total. The number of aliphatic hydroxyl groups is 1. The van der Waals surface area contributed by atoms with Gasteiger partial charge in [-0.1, -0.05) is 23.7 Å². The summed E-state index contributed by atoms with van der Waals surface area (Å²) in [5.41, 5.74) is 1.27. The minimum Gasteiger partial charge on any atom is -0.393 e. The van der Waals surface area contributed by atoms with Crippen molar-refractivity contribution in [1.29, 1.82) is 0 Å². The van der Waals surface area contributed by atoms with Gasteiger partial charge in [-0.15, -0.1) is 0 Å². The Morgan fingerprint density at radius 1 is 1.23 bits per heavy atom. The number of aliphatic hydroxyl groups excluding tert-OH is 1. The molecule has 0 radical (unpaired) electrons. The molecule has 1 fully saturated rings. The average Bonchev–Trinajstić information content (AvgIpc) is 2.15. The first kappa shape index (κ1) is 9.04. The molecule has 2 heteroatoms. The summed E-state index contributed by atoms with van der Waals surface area (Å²) in [4.78, 5) is 0. The van der Waals surface area contributed by atoms with Gasteiger partial charge in [0, 0.05) is 5.02 Å². The van der Waals surface area contributed by atoms with Gasteiger partial charge < -0.3 is 5.11 Å².